The van der Waals surface area contributed by atoms with E-state index in [1.165, 1.54) is 42.5 Å². The van der Waals surface area contributed by atoms with Crippen LogP contribution in [-0.2, 0) is 11.8 Å². The van der Waals surface area contributed by atoms with Gasteiger partial charge in [0.2, 0.25) is 0 Å². The van der Waals surface area contributed by atoms with Crippen molar-refractivity contribution < 1.29 is 18.7 Å². The van der Waals surface area contributed by atoms with E-state index in [9.17, 15) is 14.0 Å². The summed E-state index contributed by atoms with van der Waals surface area (Å²) in [7, 11) is 1.78. The number of hydrogen-bond acceptors (Lipinski definition) is 4. The summed E-state index contributed by atoms with van der Waals surface area (Å²) in [5, 5.41) is 4.00. The zero-order valence-electron chi connectivity index (χ0n) is 13.9. The Morgan fingerprint density at radius 1 is 1.04 bits per heavy atom. The number of nitrogens with zero attached hydrogens (tertiary/aromatic N) is 2. The summed E-state index contributed by atoms with van der Waals surface area (Å²) in [5.74, 6) is -0.851. The summed E-state index contributed by atoms with van der Waals surface area (Å²) >= 11 is 0. The zero-order chi connectivity index (χ0) is 18.5. The summed E-state index contributed by atoms with van der Waals surface area (Å²) in [6.07, 6.45) is 6.29. The Morgan fingerprint density at radius 2 is 1.65 bits per heavy atom. The topological polar surface area (TPSA) is 61.2 Å². The van der Waals surface area contributed by atoms with Crippen molar-refractivity contribution in [3.63, 3.8) is 0 Å². The number of esters is 1. The van der Waals surface area contributed by atoms with Crippen LogP contribution in [0.1, 0.15) is 21.5 Å². The Balaban J connectivity index is 1.63. The summed E-state index contributed by atoms with van der Waals surface area (Å²) in [4.78, 5) is 24.1. The second-order valence-electron chi connectivity index (χ2n) is 5.56. The van der Waals surface area contributed by atoms with Crippen molar-refractivity contribution in [1.29, 1.82) is 0 Å². The van der Waals surface area contributed by atoms with Crippen molar-refractivity contribution >= 4 is 17.8 Å². The number of aromatic nitrogens is 2. The summed E-state index contributed by atoms with van der Waals surface area (Å²) < 4.78 is 19.7. The van der Waals surface area contributed by atoms with Crippen molar-refractivity contribution in [2.24, 2.45) is 7.05 Å². The Bertz CT molecular complexity index is 957. The summed E-state index contributed by atoms with van der Waals surface area (Å²) in [6, 6.07) is 11.5. The minimum Gasteiger partial charge on any atom is -0.423 e. The maximum Gasteiger partial charge on any atom is 0.336 e. The number of ketones is 1. The third-order valence-electron chi connectivity index (χ3n) is 3.58. The highest BCUT2D eigenvalue weighted by molar-refractivity contribution is 6.09. The number of ether oxygens (including phenoxy) is 1. The highest BCUT2D eigenvalue weighted by Crippen LogP contribution is 2.16. The van der Waals surface area contributed by atoms with Crippen LogP contribution < -0.4 is 4.74 Å². The second-order valence-corrected chi connectivity index (χ2v) is 5.56. The van der Waals surface area contributed by atoms with Gasteiger partial charge in [0.25, 0.3) is 0 Å². The fraction of sp³-hybridized carbons (Fsp3) is 0.0500. The van der Waals surface area contributed by atoms with E-state index in [2.05, 4.69) is 5.10 Å². The minimum absolute atomic E-state index is 0.237. The van der Waals surface area contributed by atoms with Crippen molar-refractivity contribution in [2.75, 3.05) is 0 Å². The molecule has 0 radical (unpaired) electrons. The molecule has 1 heterocycles. The first-order valence-electron chi connectivity index (χ1n) is 7.80. The number of hydrogen-bond donors (Lipinski definition) is 0. The fourth-order valence-electron chi connectivity index (χ4n) is 2.28. The van der Waals surface area contributed by atoms with Crippen LogP contribution in [0.4, 0.5) is 4.39 Å². The Morgan fingerprint density at radius 3 is 2.23 bits per heavy atom. The van der Waals surface area contributed by atoms with Gasteiger partial charge in [-0.25, -0.2) is 9.18 Å². The molecule has 3 rings (SSSR count). The summed E-state index contributed by atoms with van der Waals surface area (Å²) in [6.45, 7) is 0. The second kappa shape index (κ2) is 7.57. The monoisotopic (exact) mass is 350 g/mol. The van der Waals surface area contributed by atoms with Crippen molar-refractivity contribution in [3.05, 3.63) is 89.5 Å². The predicted molar refractivity (Wildman–Crippen MR) is 94.2 cm³/mol. The molecule has 26 heavy (non-hydrogen) atoms. The standard InChI is InChI=1S/C20H15FN2O3/c1-23-13-14(12-22-23)2-11-19(24)26-18-9-5-16(6-10-18)20(25)15-3-7-17(21)8-4-15/h2-13H,1H3/b11-2-. The molecule has 1 aromatic heterocycles. The largest absolute Gasteiger partial charge is 0.423 e. The first kappa shape index (κ1) is 17.3. The number of rotatable bonds is 5. The molecular formula is C20H15FN2O3. The van der Waals surface area contributed by atoms with Crippen LogP contribution in [0.3, 0.4) is 0 Å². The lowest BCUT2D eigenvalue weighted by atomic mass is 10.0. The van der Waals surface area contributed by atoms with E-state index in [1.807, 2.05) is 0 Å². The van der Waals surface area contributed by atoms with Crippen molar-refractivity contribution in [1.82, 2.24) is 9.78 Å². The Labute approximate surface area is 149 Å². The molecule has 0 spiro atoms. The van der Waals surface area contributed by atoms with Gasteiger partial charge in [0.05, 0.1) is 6.20 Å². The lowest BCUT2D eigenvalue weighted by molar-refractivity contribution is -0.128. The van der Waals surface area contributed by atoms with Crippen LogP contribution in [0.15, 0.2) is 67.0 Å². The lowest BCUT2D eigenvalue weighted by Crippen LogP contribution is -2.05. The smallest absolute Gasteiger partial charge is 0.336 e. The zero-order valence-corrected chi connectivity index (χ0v) is 13.9. The molecule has 0 fully saturated rings. The van der Waals surface area contributed by atoms with E-state index >= 15 is 0 Å². The maximum absolute atomic E-state index is 12.9. The molecule has 130 valence electrons. The molecule has 0 saturated carbocycles. The van der Waals surface area contributed by atoms with E-state index in [-0.39, 0.29) is 5.78 Å². The van der Waals surface area contributed by atoms with Gasteiger partial charge in [-0.15, -0.1) is 0 Å². The predicted octanol–water partition coefficient (Wildman–Crippen LogP) is 3.41. The molecule has 0 unspecified atom stereocenters. The number of benzene rings is 2. The van der Waals surface area contributed by atoms with Gasteiger partial charge in [0, 0.05) is 36.0 Å². The van der Waals surface area contributed by atoms with Crippen molar-refractivity contribution in [2.45, 2.75) is 0 Å². The van der Waals surface area contributed by atoms with E-state index < -0.39 is 11.8 Å². The van der Waals surface area contributed by atoms with Crippen molar-refractivity contribution in [3.8, 4) is 5.75 Å². The van der Waals surface area contributed by atoms with Crippen LogP contribution in [0.2, 0.25) is 0 Å². The highest BCUT2D eigenvalue weighted by atomic mass is 19.1. The Kier molecular flexibility index (Phi) is 5.03. The SMILES string of the molecule is Cn1cc(/C=C\C(=O)Oc2ccc(C(=O)c3ccc(F)cc3)cc2)cn1. The molecular weight excluding hydrogens is 335 g/mol. The highest BCUT2D eigenvalue weighted by Gasteiger charge is 2.10. The molecule has 0 saturated heterocycles. The minimum atomic E-state index is -0.536. The average Bonchev–Trinajstić information content (AvgIpc) is 3.06. The lowest BCUT2D eigenvalue weighted by Gasteiger charge is -2.04. The third-order valence-corrected chi connectivity index (χ3v) is 3.58. The van der Waals surface area contributed by atoms with Gasteiger partial charge in [-0.1, -0.05) is 0 Å². The van der Waals surface area contributed by atoms with Crippen LogP contribution >= 0.6 is 0 Å². The van der Waals surface area contributed by atoms with Crippen LogP contribution in [0.25, 0.3) is 6.08 Å². The van der Waals surface area contributed by atoms with Crippen LogP contribution in [0, 0.1) is 5.82 Å². The molecule has 0 aliphatic heterocycles. The van der Waals surface area contributed by atoms with Gasteiger partial charge in [0.1, 0.15) is 11.6 Å². The van der Waals surface area contributed by atoms with Gasteiger partial charge in [-0.05, 0) is 54.6 Å². The third kappa shape index (κ3) is 4.30. The van der Waals surface area contributed by atoms with Crippen LogP contribution in [-0.4, -0.2) is 21.5 Å². The average molecular weight is 350 g/mol. The van der Waals surface area contributed by atoms with Crippen LogP contribution in [0.5, 0.6) is 5.75 Å². The maximum atomic E-state index is 12.9. The molecule has 0 aliphatic rings. The molecule has 0 aliphatic carbocycles. The number of halogens is 1. The first-order chi connectivity index (χ1) is 12.5. The molecule has 2 aromatic carbocycles. The van der Waals surface area contributed by atoms with Gasteiger partial charge >= 0.3 is 5.97 Å². The van der Waals surface area contributed by atoms with Gasteiger partial charge < -0.3 is 4.74 Å². The Hall–Kier alpha value is -3.54. The van der Waals surface area contributed by atoms with E-state index in [1.54, 1.807) is 42.3 Å². The first-order valence-corrected chi connectivity index (χ1v) is 7.80. The number of carbonyl (C=O) groups is 2. The molecule has 6 heteroatoms. The molecule has 0 atom stereocenters. The molecule has 0 N–H and O–H groups in total. The molecule has 0 amide bonds. The fourth-order valence-corrected chi connectivity index (χ4v) is 2.28. The number of aryl methyl sites for hydroxylation is 1. The van der Waals surface area contributed by atoms with Gasteiger partial charge in [-0.3, -0.25) is 9.48 Å². The van der Waals surface area contributed by atoms with E-state index in [0.29, 0.717) is 16.9 Å². The van der Waals surface area contributed by atoms with Gasteiger partial charge in [0.15, 0.2) is 5.78 Å². The van der Waals surface area contributed by atoms with E-state index in [4.69, 9.17) is 4.74 Å². The summed E-state index contributed by atoms with van der Waals surface area (Å²) in [5.41, 5.74) is 1.59. The number of carbonyl (C=O) groups excluding carboxylic acids is 2. The molecule has 5 nitrogen and oxygen atoms in total. The van der Waals surface area contributed by atoms with E-state index in [0.717, 1.165) is 5.56 Å². The normalized spacial score (nSPS) is 10.8. The quantitative estimate of drug-likeness (QED) is 0.306. The molecule has 0 bridgehead atoms. The van der Waals surface area contributed by atoms with Gasteiger partial charge in [-0.2, -0.15) is 5.10 Å². The molecule has 3 aromatic rings.